The van der Waals surface area contributed by atoms with Crippen molar-refractivity contribution in [1.29, 1.82) is 0 Å². The number of rotatable bonds is 5. The van der Waals surface area contributed by atoms with Crippen molar-refractivity contribution in [2.24, 2.45) is 5.92 Å². The number of nitrogens with zero attached hydrogens (tertiary/aromatic N) is 2. The van der Waals surface area contributed by atoms with Crippen LogP contribution in [-0.2, 0) is 14.4 Å². The first kappa shape index (κ1) is 26.7. The number of carbonyl (C=O) groups excluding carboxylic acids is 2. The zero-order valence-electron chi connectivity index (χ0n) is 20.1. The third-order valence-corrected chi connectivity index (χ3v) is 6.80. The van der Waals surface area contributed by atoms with Gasteiger partial charge in [-0.1, -0.05) is 13.0 Å². The van der Waals surface area contributed by atoms with Gasteiger partial charge in [0.05, 0.1) is 20.3 Å². The van der Waals surface area contributed by atoms with Crippen molar-refractivity contribution >= 4 is 17.5 Å². The number of methoxy groups -OCH3 is 1. The van der Waals surface area contributed by atoms with Crippen LogP contribution in [-0.4, -0.2) is 60.0 Å². The Kier molecular flexibility index (Phi) is 7.12. The molecule has 2 aromatic rings. The quantitative estimate of drug-likeness (QED) is 0.584. The van der Waals surface area contributed by atoms with E-state index in [4.69, 9.17) is 14.3 Å². The second-order valence-electron chi connectivity index (χ2n) is 8.95. The van der Waals surface area contributed by atoms with E-state index < -0.39 is 58.9 Å². The highest BCUT2D eigenvalue weighted by molar-refractivity contribution is 5.97. The zero-order chi connectivity index (χ0) is 27.1. The molecule has 13 heteroatoms. The minimum Gasteiger partial charge on any atom is -0.493 e. The molecule has 1 aromatic carbocycles. The molecule has 37 heavy (non-hydrogen) atoms. The van der Waals surface area contributed by atoms with Crippen LogP contribution in [0.1, 0.15) is 42.2 Å². The number of amides is 2. The van der Waals surface area contributed by atoms with E-state index in [0.29, 0.717) is 19.6 Å². The number of hydroxylamine groups is 2. The monoisotopic (exact) mass is 529 g/mol. The van der Waals surface area contributed by atoms with Gasteiger partial charge in [-0.25, -0.2) is 9.45 Å². The van der Waals surface area contributed by atoms with Gasteiger partial charge < -0.3 is 14.8 Å². The van der Waals surface area contributed by atoms with Crippen LogP contribution < -0.4 is 10.1 Å². The van der Waals surface area contributed by atoms with Gasteiger partial charge in [0, 0.05) is 29.3 Å². The fourth-order valence-corrected chi connectivity index (χ4v) is 4.61. The van der Waals surface area contributed by atoms with Crippen LogP contribution in [0.2, 0.25) is 0 Å². The zero-order valence-corrected chi connectivity index (χ0v) is 20.1. The molecule has 2 aliphatic heterocycles. The van der Waals surface area contributed by atoms with Gasteiger partial charge in [-0.2, -0.15) is 17.6 Å². The molecular weight excluding hydrogens is 505 g/mol. The smallest absolute Gasteiger partial charge is 0.417 e. The Morgan fingerprint density at radius 2 is 1.97 bits per heavy atom. The molecule has 200 valence electrons. The predicted octanol–water partition coefficient (Wildman–Crippen LogP) is 4.22. The Balaban J connectivity index is 1.68. The van der Waals surface area contributed by atoms with Crippen molar-refractivity contribution < 1.29 is 45.9 Å². The van der Waals surface area contributed by atoms with Crippen LogP contribution in [0.15, 0.2) is 30.5 Å². The number of benzene rings is 1. The molecule has 8 nitrogen and oxygen atoms in total. The Hall–Kier alpha value is -3.32. The Bertz CT molecular complexity index is 1200. The summed E-state index contributed by atoms with van der Waals surface area (Å²) in [7, 11) is 1.04. The Morgan fingerprint density at radius 3 is 2.59 bits per heavy atom. The third-order valence-electron chi connectivity index (χ3n) is 6.80. The number of alkyl halides is 3. The average Bonchev–Trinajstić information content (AvgIpc) is 3.48. The van der Waals surface area contributed by atoms with E-state index in [1.807, 2.05) is 0 Å². The molecule has 2 fully saturated rings. The van der Waals surface area contributed by atoms with Crippen LogP contribution in [0.3, 0.4) is 0 Å². The lowest BCUT2D eigenvalue weighted by Crippen LogP contribution is -2.47. The van der Waals surface area contributed by atoms with Gasteiger partial charge in [-0.15, -0.1) is 0 Å². The SMILES string of the molecule is COc1c([C@H]2[C@H](C(=O)Nc3ccnc(C(=O)N4CCCO4)c3)O[C@@](C)(C(F)(F)F)[C@H]2C)ccc(F)c1F. The molecule has 1 N–H and O–H groups in total. The summed E-state index contributed by atoms with van der Waals surface area (Å²) in [5.74, 6) is -7.57. The number of hydrogen-bond donors (Lipinski definition) is 1. The average molecular weight is 529 g/mol. The molecule has 3 heterocycles. The number of aromatic nitrogens is 1. The molecule has 4 atom stereocenters. The van der Waals surface area contributed by atoms with E-state index in [1.165, 1.54) is 25.3 Å². The van der Waals surface area contributed by atoms with E-state index in [0.717, 1.165) is 31.2 Å². The number of halogens is 5. The molecule has 2 amide bonds. The van der Waals surface area contributed by atoms with Crippen molar-refractivity contribution in [3.8, 4) is 5.75 Å². The van der Waals surface area contributed by atoms with Gasteiger partial charge in [0.25, 0.3) is 11.8 Å². The lowest BCUT2D eigenvalue weighted by molar-refractivity contribution is -0.272. The van der Waals surface area contributed by atoms with Crippen molar-refractivity contribution in [1.82, 2.24) is 10.0 Å². The molecule has 0 saturated carbocycles. The van der Waals surface area contributed by atoms with Crippen molar-refractivity contribution in [3.63, 3.8) is 0 Å². The minimum absolute atomic E-state index is 0.0561. The summed E-state index contributed by atoms with van der Waals surface area (Å²) in [4.78, 5) is 35.0. The number of carbonyl (C=O) groups is 2. The maximum absolute atomic E-state index is 14.5. The van der Waals surface area contributed by atoms with Gasteiger partial charge in [-0.05, 0) is 31.5 Å². The van der Waals surface area contributed by atoms with Gasteiger partial charge in [0.2, 0.25) is 5.82 Å². The van der Waals surface area contributed by atoms with Crippen molar-refractivity contribution in [3.05, 3.63) is 53.4 Å². The van der Waals surface area contributed by atoms with Crippen LogP contribution in [0, 0.1) is 17.6 Å². The topological polar surface area (TPSA) is 90.0 Å². The fraction of sp³-hybridized carbons (Fsp3) is 0.458. The highest BCUT2D eigenvalue weighted by Gasteiger charge is 2.65. The van der Waals surface area contributed by atoms with Crippen LogP contribution in [0.25, 0.3) is 0 Å². The second kappa shape index (κ2) is 9.86. The van der Waals surface area contributed by atoms with E-state index in [2.05, 4.69) is 10.3 Å². The summed E-state index contributed by atoms with van der Waals surface area (Å²) in [5, 5.41) is 3.57. The van der Waals surface area contributed by atoms with Crippen LogP contribution in [0.5, 0.6) is 5.75 Å². The molecule has 0 aliphatic carbocycles. The number of anilines is 1. The molecule has 1 aromatic heterocycles. The van der Waals surface area contributed by atoms with Crippen LogP contribution >= 0.6 is 0 Å². The lowest BCUT2D eigenvalue weighted by Gasteiger charge is -2.32. The molecule has 0 spiro atoms. The summed E-state index contributed by atoms with van der Waals surface area (Å²) < 4.78 is 80.9. The van der Waals surface area contributed by atoms with E-state index in [9.17, 15) is 31.5 Å². The summed E-state index contributed by atoms with van der Waals surface area (Å²) >= 11 is 0. The molecule has 4 rings (SSSR count). The number of hydrogen-bond acceptors (Lipinski definition) is 6. The molecule has 0 unspecified atom stereocenters. The third kappa shape index (κ3) is 4.73. The first-order valence-corrected chi connectivity index (χ1v) is 11.4. The van der Waals surface area contributed by atoms with Crippen LogP contribution in [0.4, 0.5) is 27.6 Å². The molecule has 0 radical (unpaired) electrons. The van der Waals surface area contributed by atoms with Crippen molar-refractivity contribution in [2.75, 3.05) is 25.6 Å². The van der Waals surface area contributed by atoms with E-state index in [1.54, 1.807) is 0 Å². The van der Waals surface area contributed by atoms with Gasteiger partial charge >= 0.3 is 6.18 Å². The first-order chi connectivity index (χ1) is 17.4. The summed E-state index contributed by atoms with van der Waals surface area (Å²) in [6.07, 6.45) is -4.77. The first-order valence-electron chi connectivity index (χ1n) is 11.4. The maximum atomic E-state index is 14.5. The Morgan fingerprint density at radius 1 is 1.24 bits per heavy atom. The molecule has 2 aliphatic rings. The maximum Gasteiger partial charge on any atom is 0.417 e. The molecular formula is C24H24F5N3O5. The number of pyridine rings is 1. The highest BCUT2D eigenvalue weighted by Crippen LogP contribution is 2.55. The minimum atomic E-state index is -4.89. The summed E-state index contributed by atoms with van der Waals surface area (Å²) in [5.41, 5.74) is -2.93. The number of ether oxygens (including phenoxy) is 2. The number of nitrogens with one attached hydrogen (secondary N) is 1. The summed E-state index contributed by atoms with van der Waals surface area (Å²) in [6.45, 7) is 2.74. The van der Waals surface area contributed by atoms with E-state index >= 15 is 0 Å². The van der Waals surface area contributed by atoms with Crippen molar-refractivity contribution in [2.45, 2.75) is 44.1 Å². The second-order valence-corrected chi connectivity index (χ2v) is 8.95. The predicted molar refractivity (Wildman–Crippen MR) is 119 cm³/mol. The fourth-order valence-electron chi connectivity index (χ4n) is 4.61. The largest absolute Gasteiger partial charge is 0.493 e. The standard InChI is InChI=1S/C24H24F5N3O5/c1-12-17(14-5-6-15(25)18(26)19(14)35-3)20(37-23(12,2)24(27,28)29)21(33)31-13-7-8-30-16(11-13)22(34)32-9-4-10-36-32/h5-8,11-12,17,20H,4,9-10H2,1-3H3,(H,30,31,33)/t12-,17-,20+,23+/m0/s1. The summed E-state index contributed by atoms with van der Waals surface area (Å²) in [6, 6.07) is 4.41. The molecule has 0 bridgehead atoms. The van der Waals surface area contributed by atoms with E-state index in [-0.39, 0.29) is 16.9 Å². The van der Waals surface area contributed by atoms with Gasteiger partial charge in [-0.3, -0.25) is 19.4 Å². The highest BCUT2D eigenvalue weighted by atomic mass is 19.4. The lowest BCUT2D eigenvalue weighted by atomic mass is 9.77. The van der Waals surface area contributed by atoms with Gasteiger partial charge in [0.15, 0.2) is 17.2 Å². The Labute approximate surface area is 208 Å². The molecule has 2 saturated heterocycles. The van der Waals surface area contributed by atoms with Gasteiger partial charge in [0.1, 0.15) is 11.8 Å². The normalized spacial score (nSPS) is 25.8.